The lowest BCUT2D eigenvalue weighted by Gasteiger charge is -2.24. The number of halogens is 2. The second kappa shape index (κ2) is 4.34. The van der Waals surface area contributed by atoms with Crippen LogP contribution in [0.15, 0.2) is 18.2 Å². The lowest BCUT2D eigenvalue weighted by Crippen LogP contribution is -2.37. The molecule has 3 heteroatoms. The van der Waals surface area contributed by atoms with Gasteiger partial charge in [0.05, 0.1) is 0 Å². The van der Waals surface area contributed by atoms with E-state index in [9.17, 15) is 4.39 Å². The zero-order chi connectivity index (χ0) is 11.8. The number of nitrogens with two attached hydrogens (primary N) is 1. The molecule has 2 rings (SSSR count). The van der Waals surface area contributed by atoms with Gasteiger partial charge in [-0.2, -0.15) is 0 Å². The van der Waals surface area contributed by atoms with Gasteiger partial charge in [-0.05, 0) is 42.9 Å². The third-order valence-corrected chi connectivity index (χ3v) is 3.69. The molecule has 16 heavy (non-hydrogen) atoms. The van der Waals surface area contributed by atoms with Crippen molar-refractivity contribution in [2.24, 2.45) is 11.7 Å². The number of benzene rings is 1. The first-order chi connectivity index (χ1) is 7.55. The van der Waals surface area contributed by atoms with Crippen LogP contribution in [-0.2, 0) is 6.42 Å². The molecule has 0 bridgehead atoms. The van der Waals surface area contributed by atoms with E-state index >= 15 is 0 Å². The minimum absolute atomic E-state index is 0.0852. The fourth-order valence-electron chi connectivity index (χ4n) is 2.10. The van der Waals surface area contributed by atoms with E-state index in [0.29, 0.717) is 11.4 Å². The van der Waals surface area contributed by atoms with E-state index < -0.39 is 5.67 Å². The molecule has 0 heterocycles. The fraction of sp³-hybridized carbons (Fsp3) is 0.538. The van der Waals surface area contributed by atoms with Crippen LogP contribution in [-0.4, -0.2) is 12.2 Å². The summed E-state index contributed by atoms with van der Waals surface area (Å²) < 4.78 is 14.5. The van der Waals surface area contributed by atoms with Gasteiger partial charge in [0.15, 0.2) is 0 Å². The zero-order valence-corrected chi connectivity index (χ0v) is 10.2. The molecule has 0 aromatic heterocycles. The van der Waals surface area contributed by atoms with Gasteiger partial charge in [0.25, 0.3) is 0 Å². The van der Waals surface area contributed by atoms with Crippen molar-refractivity contribution in [1.82, 2.24) is 0 Å². The van der Waals surface area contributed by atoms with Gasteiger partial charge >= 0.3 is 0 Å². The van der Waals surface area contributed by atoms with E-state index in [1.807, 2.05) is 25.1 Å². The third-order valence-electron chi connectivity index (χ3n) is 3.34. The molecule has 1 fully saturated rings. The summed E-state index contributed by atoms with van der Waals surface area (Å²) in [5.74, 6) is 0.134. The summed E-state index contributed by atoms with van der Waals surface area (Å²) in [7, 11) is 0. The Kier molecular flexibility index (Phi) is 3.22. The summed E-state index contributed by atoms with van der Waals surface area (Å²) in [5, 5.41) is 0.649. The van der Waals surface area contributed by atoms with Gasteiger partial charge in [-0.15, -0.1) is 0 Å². The second-order valence-electron chi connectivity index (χ2n) is 4.78. The Morgan fingerprint density at radius 2 is 2.19 bits per heavy atom. The van der Waals surface area contributed by atoms with Gasteiger partial charge in [0.2, 0.25) is 0 Å². The van der Waals surface area contributed by atoms with Gasteiger partial charge in [0.1, 0.15) is 5.67 Å². The smallest absolute Gasteiger partial charge is 0.130 e. The Labute approximate surface area is 101 Å². The van der Waals surface area contributed by atoms with Crippen molar-refractivity contribution < 1.29 is 4.39 Å². The van der Waals surface area contributed by atoms with E-state index in [0.717, 1.165) is 24.0 Å². The summed E-state index contributed by atoms with van der Waals surface area (Å²) in [6.07, 6.45) is 2.25. The maximum Gasteiger partial charge on any atom is 0.130 e. The molecular formula is C13H17ClFN. The largest absolute Gasteiger partial charge is 0.328 e. The van der Waals surface area contributed by atoms with E-state index in [2.05, 4.69) is 0 Å². The number of hydrogen-bond donors (Lipinski definition) is 1. The van der Waals surface area contributed by atoms with Crippen LogP contribution in [0.2, 0.25) is 5.02 Å². The van der Waals surface area contributed by atoms with Gasteiger partial charge in [-0.25, -0.2) is 4.39 Å². The van der Waals surface area contributed by atoms with E-state index in [-0.39, 0.29) is 12.5 Å². The minimum Gasteiger partial charge on any atom is -0.328 e. The van der Waals surface area contributed by atoms with E-state index in [1.54, 1.807) is 0 Å². The van der Waals surface area contributed by atoms with Crippen molar-refractivity contribution in [2.45, 2.75) is 31.9 Å². The van der Waals surface area contributed by atoms with Crippen LogP contribution in [0.3, 0.4) is 0 Å². The highest BCUT2D eigenvalue weighted by molar-refractivity contribution is 6.31. The molecule has 88 valence electrons. The van der Waals surface area contributed by atoms with Gasteiger partial charge in [-0.1, -0.05) is 23.7 Å². The molecule has 2 N–H and O–H groups in total. The zero-order valence-electron chi connectivity index (χ0n) is 9.47. The summed E-state index contributed by atoms with van der Waals surface area (Å²) in [4.78, 5) is 0. The van der Waals surface area contributed by atoms with Crippen molar-refractivity contribution in [1.29, 1.82) is 0 Å². The summed E-state index contributed by atoms with van der Waals surface area (Å²) in [6.45, 7) is 2.06. The first-order valence-corrected chi connectivity index (χ1v) is 6.07. The molecule has 0 saturated heterocycles. The Bertz CT molecular complexity index is 390. The quantitative estimate of drug-likeness (QED) is 0.860. The monoisotopic (exact) mass is 241 g/mol. The Morgan fingerprint density at radius 1 is 1.50 bits per heavy atom. The number of aryl methyl sites for hydroxylation is 1. The molecule has 0 aliphatic heterocycles. The highest BCUT2D eigenvalue weighted by Gasteiger charge is 2.44. The molecular weight excluding hydrogens is 225 g/mol. The molecule has 1 saturated carbocycles. The highest BCUT2D eigenvalue weighted by Crippen LogP contribution is 2.44. The number of rotatable bonds is 4. The topological polar surface area (TPSA) is 26.0 Å². The standard InChI is InChI=1S/C13H17ClFN/c1-9-2-3-10(12(14)6-9)7-13(15,8-16)11-4-5-11/h2-3,6,11H,4-5,7-8,16H2,1H3. The lowest BCUT2D eigenvalue weighted by atomic mass is 9.91. The fourth-order valence-corrected chi connectivity index (χ4v) is 2.40. The molecule has 1 aliphatic carbocycles. The molecule has 1 aromatic carbocycles. The van der Waals surface area contributed by atoms with Crippen LogP contribution < -0.4 is 5.73 Å². The Hall–Kier alpha value is -0.600. The lowest BCUT2D eigenvalue weighted by molar-refractivity contribution is 0.142. The molecule has 1 aliphatic rings. The van der Waals surface area contributed by atoms with Crippen LogP contribution in [0, 0.1) is 12.8 Å². The highest BCUT2D eigenvalue weighted by atomic mass is 35.5. The third kappa shape index (κ3) is 2.38. The molecule has 1 nitrogen and oxygen atoms in total. The van der Waals surface area contributed by atoms with Gasteiger partial charge < -0.3 is 5.73 Å². The van der Waals surface area contributed by atoms with E-state index in [4.69, 9.17) is 17.3 Å². The minimum atomic E-state index is -1.26. The summed E-state index contributed by atoms with van der Waals surface area (Å²) in [5.41, 5.74) is 6.26. The van der Waals surface area contributed by atoms with Gasteiger partial charge in [0, 0.05) is 18.0 Å². The molecule has 1 atom stereocenters. The summed E-state index contributed by atoms with van der Waals surface area (Å²) >= 11 is 6.11. The molecule has 0 radical (unpaired) electrons. The predicted molar refractivity (Wildman–Crippen MR) is 65.5 cm³/mol. The molecule has 1 unspecified atom stereocenters. The van der Waals surface area contributed by atoms with Crippen molar-refractivity contribution in [3.05, 3.63) is 34.3 Å². The van der Waals surface area contributed by atoms with Crippen molar-refractivity contribution in [3.8, 4) is 0 Å². The van der Waals surface area contributed by atoms with Gasteiger partial charge in [-0.3, -0.25) is 0 Å². The van der Waals surface area contributed by atoms with Crippen molar-refractivity contribution in [2.75, 3.05) is 6.54 Å². The summed E-state index contributed by atoms with van der Waals surface area (Å²) in [6, 6.07) is 5.75. The van der Waals surface area contributed by atoms with Crippen molar-refractivity contribution in [3.63, 3.8) is 0 Å². The van der Waals surface area contributed by atoms with E-state index in [1.165, 1.54) is 0 Å². The average molecular weight is 242 g/mol. The van der Waals surface area contributed by atoms with Crippen molar-refractivity contribution >= 4 is 11.6 Å². The Balaban J connectivity index is 2.18. The predicted octanol–water partition coefficient (Wildman–Crippen LogP) is 3.27. The van der Waals surface area contributed by atoms with Crippen LogP contribution in [0.5, 0.6) is 0 Å². The van der Waals surface area contributed by atoms with Crippen LogP contribution in [0.25, 0.3) is 0 Å². The van der Waals surface area contributed by atoms with Crippen LogP contribution in [0.1, 0.15) is 24.0 Å². The number of hydrogen-bond acceptors (Lipinski definition) is 1. The maximum atomic E-state index is 14.5. The average Bonchev–Trinajstić information content (AvgIpc) is 3.06. The Morgan fingerprint density at radius 3 is 2.69 bits per heavy atom. The number of alkyl halides is 1. The molecule has 0 amide bonds. The molecule has 0 spiro atoms. The maximum absolute atomic E-state index is 14.5. The van der Waals surface area contributed by atoms with Crippen LogP contribution in [0.4, 0.5) is 4.39 Å². The van der Waals surface area contributed by atoms with Crippen LogP contribution >= 0.6 is 11.6 Å². The SMILES string of the molecule is Cc1ccc(CC(F)(CN)C2CC2)c(Cl)c1. The second-order valence-corrected chi connectivity index (χ2v) is 5.19. The molecule has 1 aromatic rings. The normalized spacial score (nSPS) is 19.5. The first-order valence-electron chi connectivity index (χ1n) is 5.69. The first kappa shape index (κ1) is 11.9.